The standard InChI is InChI=1S/C20H24N2O5/c1-25-17-11-15(12-18(13-17)26-2)19(20(23)21-24)14-3-5-16(6-4-14)22-7-9-27-10-8-22/h3-6,11-13,19,24H,7-10H2,1-2H3,(H,21,23). The minimum absolute atomic E-state index is 0.524. The average molecular weight is 372 g/mol. The van der Waals surface area contributed by atoms with Gasteiger partial charge in [0, 0.05) is 24.8 Å². The lowest BCUT2D eigenvalue weighted by Crippen LogP contribution is -2.36. The van der Waals surface area contributed by atoms with Crippen LogP contribution in [0.25, 0.3) is 0 Å². The Bertz CT molecular complexity index is 750. The molecule has 1 fully saturated rings. The molecule has 0 spiro atoms. The van der Waals surface area contributed by atoms with Gasteiger partial charge in [-0.15, -0.1) is 0 Å². The van der Waals surface area contributed by atoms with E-state index in [-0.39, 0.29) is 0 Å². The summed E-state index contributed by atoms with van der Waals surface area (Å²) in [6, 6.07) is 13.0. The van der Waals surface area contributed by atoms with Crippen molar-refractivity contribution in [2.24, 2.45) is 0 Å². The van der Waals surface area contributed by atoms with Gasteiger partial charge in [0.1, 0.15) is 11.5 Å². The molecule has 0 radical (unpaired) electrons. The van der Waals surface area contributed by atoms with E-state index in [1.54, 1.807) is 37.9 Å². The largest absolute Gasteiger partial charge is 0.497 e. The van der Waals surface area contributed by atoms with Crippen LogP contribution in [0.2, 0.25) is 0 Å². The molecule has 144 valence electrons. The first-order chi connectivity index (χ1) is 13.2. The molecule has 1 heterocycles. The van der Waals surface area contributed by atoms with Crippen LogP contribution in [0.5, 0.6) is 11.5 Å². The molecule has 0 aliphatic carbocycles. The number of methoxy groups -OCH3 is 2. The summed E-state index contributed by atoms with van der Waals surface area (Å²) in [5.41, 5.74) is 4.27. The number of hydroxylamine groups is 1. The predicted octanol–water partition coefficient (Wildman–Crippen LogP) is 2.18. The van der Waals surface area contributed by atoms with Crippen molar-refractivity contribution in [2.75, 3.05) is 45.4 Å². The number of carbonyl (C=O) groups excluding carboxylic acids is 1. The van der Waals surface area contributed by atoms with Gasteiger partial charge in [0.25, 0.3) is 5.91 Å². The van der Waals surface area contributed by atoms with Crippen LogP contribution in [0.15, 0.2) is 42.5 Å². The van der Waals surface area contributed by atoms with Crippen molar-refractivity contribution in [3.63, 3.8) is 0 Å². The van der Waals surface area contributed by atoms with Crippen LogP contribution >= 0.6 is 0 Å². The maximum absolute atomic E-state index is 12.4. The van der Waals surface area contributed by atoms with Crippen molar-refractivity contribution in [3.05, 3.63) is 53.6 Å². The van der Waals surface area contributed by atoms with E-state index in [1.165, 1.54) is 0 Å². The number of morpholine rings is 1. The molecule has 3 rings (SSSR count). The van der Waals surface area contributed by atoms with Crippen LogP contribution in [0.3, 0.4) is 0 Å². The predicted molar refractivity (Wildman–Crippen MR) is 101 cm³/mol. The van der Waals surface area contributed by atoms with Crippen molar-refractivity contribution in [1.82, 2.24) is 5.48 Å². The number of ether oxygens (including phenoxy) is 3. The van der Waals surface area contributed by atoms with Gasteiger partial charge < -0.3 is 19.1 Å². The van der Waals surface area contributed by atoms with E-state index in [2.05, 4.69) is 4.90 Å². The van der Waals surface area contributed by atoms with Crippen molar-refractivity contribution in [3.8, 4) is 11.5 Å². The van der Waals surface area contributed by atoms with Gasteiger partial charge in [-0.05, 0) is 35.4 Å². The lowest BCUT2D eigenvalue weighted by atomic mass is 9.90. The summed E-state index contributed by atoms with van der Waals surface area (Å²) in [5, 5.41) is 9.26. The molecule has 7 heteroatoms. The number of nitrogens with zero attached hydrogens (tertiary/aromatic N) is 1. The molecule has 2 N–H and O–H groups in total. The highest BCUT2D eigenvalue weighted by Crippen LogP contribution is 2.32. The monoisotopic (exact) mass is 372 g/mol. The quantitative estimate of drug-likeness (QED) is 0.598. The smallest absolute Gasteiger partial charge is 0.255 e. The van der Waals surface area contributed by atoms with Gasteiger partial charge in [0.2, 0.25) is 0 Å². The Kier molecular flexibility index (Phi) is 6.16. The Morgan fingerprint density at radius 2 is 1.63 bits per heavy atom. The van der Waals surface area contributed by atoms with Crippen molar-refractivity contribution in [1.29, 1.82) is 0 Å². The number of carbonyl (C=O) groups is 1. The summed E-state index contributed by atoms with van der Waals surface area (Å²) in [6.07, 6.45) is 0. The third-order valence-corrected chi connectivity index (χ3v) is 4.68. The molecule has 1 aliphatic heterocycles. The Hall–Kier alpha value is -2.77. The number of anilines is 1. The Morgan fingerprint density at radius 1 is 1.04 bits per heavy atom. The highest BCUT2D eigenvalue weighted by molar-refractivity contribution is 5.86. The second-order valence-electron chi connectivity index (χ2n) is 6.25. The van der Waals surface area contributed by atoms with Gasteiger partial charge in [-0.2, -0.15) is 0 Å². The van der Waals surface area contributed by atoms with Gasteiger partial charge in [-0.25, -0.2) is 5.48 Å². The highest BCUT2D eigenvalue weighted by atomic mass is 16.5. The van der Waals surface area contributed by atoms with Crippen LogP contribution in [-0.4, -0.2) is 51.6 Å². The molecular formula is C20H24N2O5. The van der Waals surface area contributed by atoms with Gasteiger partial charge in [-0.1, -0.05) is 12.1 Å². The molecule has 2 aromatic rings. The minimum Gasteiger partial charge on any atom is -0.497 e. The average Bonchev–Trinajstić information content (AvgIpc) is 2.74. The van der Waals surface area contributed by atoms with Gasteiger partial charge in [0.05, 0.1) is 33.4 Å². The first-order valence-electron chi connectivity index (χ1n) is 8.76. The summed E-state index contributed by atoms with van der Waals surface area (Å²) >= 11 is 0. The molecule has 0 aromatic heterocycles. The Balaban J connectivity index is 1.94. The van der Waals surface area contributed by atoms with Crippen molar-refractivity contribution < 1.29 is 24.2 Å². The summed E-state index contributed by atoms with van der Waals surface area (Å²) in [6.45, 7) is 3.10. The maximum atomic E-state index is 12.4. The zero-order valence-corrected chi connectivity index (χ0v) is 15.5. The molecule has 2 aromatic carbocycles. The van der Waals surface area contributed by atoms with Gasteiger partial charge in [-0.3, -0.25) is 10.0 Å². The van der Waals surface area contributed by atoms with E-state index >= 15 is 0 Å². The number of rotatable bonds is 6. The number of hydrogen-bond acceptors (Lipinski definition) is 6. The summed E-state index contributed by atoms with van der Waals surface area (Å²) in [5.74, 6) is -0.0720. The first kappa shape index (κ1) is 19.0. The van der Waals surface area contributed by atoms with E-state index in [9.17, 15) is 10.0 Å². The maximum Gasteiger partial charge on any atom is 0.255 e. The summed E-state index contributed by atoms with van der Waals surface area (Å²) in [4.78, 5) is 14.7. The topological polar surface area (TPSA) is 80.3 Å². The lowest BCUT2D eigenvalue weighted by Gasteiger charge is -2.29. The van der Waals surface area contributed by atoms with Crippen molar-refractivity contribution in [2.45, 2.75) is 5.92 Å². The lowest BCUT2D eigenvalue weighted by molar-refractivity contribution is -0.129. The van der Waals surface area contributed by atoms with E-state index in [1.807, 2.05) is 24.3 Å². The first-order valence-corrected chi connectivity index (χ1v) is 8.76. The number of nitrogens with one attached hydrogen (secondary N) is 1. The molecular weight excluding hydrogens is 348 g/mol. The summed E-state index contributed by atoms with van der Waals surface area (Å²) in [7, 11) is 3.10. The van der Waals surface area contributed by atoms with Crippen LogP contribution in [0.4, 0.5) is 5.69 Å². The molecule has 27 heavy (non-hydrogen) atoms. The fourth-order valence-corrected chi connectivity index (χ4v) is 3.26. The van der Waals surface area contributed by atoms with E-state index in [0.29, 0.717) is 30.3 Å². The zero-order chi connectivity index (χ0) is 19.2. The number of amides is 1. The van der Waals surface area contributed by atoms with Crippen molar-refractivity contribution >= 4 is 11.6 Å². The molecule has 0 bridgehead atoms. The number of benzene rings is 2. The van der Waals surface area contributed by atoms with Crippen LogP contribution < -0.4 is 19.9 Å². The molecule has 1 amide bonds. The molecule has 7 nitrogen and oxygen atoms in total. The summed E-state index contributed by atoms with van der Waals surface area (Å²) < 4.78 is 16.0. The third-order valence-electron chi connectivity index (χ3n) is 4.68. The Morgan fingerprint density at radius 3 is 2.15 bits per heavy atom. The fourth-order valence-electron chi connectivity index (χ4n) is 3.26. The second-order valence-corrected chi connectivity index (χ2v) is 6.25. The van der Waals surface area contributed by atoms with Gasteiger partial charge in [0.15, 0.2) is 0 Å². The fraction of sp³-hybridized carbons (Fsp3) is 0.350. The highest BCUT2D eigenvalue weighted by Gasteiger charge is 2.24. The van der Waals surface area contributed by atoms with Crippen LogP contribution in [-0.2, 0) is 9.53 Å². The number of hydrogen-bond donors (Lipinski definition) is 2. The minimum atomic E-state index is -0.697. The van der Waals surface area contributed by atoms with Gasteiger partial charge >= 0.3 is 0 Å². The van der Waals surface area contributed by atoms with Crippen LogP contribution in [0, 0.1) is 0 Å². The zero-order valence-electron chi connectivity index (χ0n) is 15.5. The molecule has 1 aliphatic rings. The normalized spacial score (nSPS) is 15.1. The van der Waals surface area contributed by atoms with E-state index < -0.39 is 11.8 Å². The van der Waals surface area contributed by atoms with E-state index in [0.717, 1.165) is 24.3 Å². The second kappa shape index (κ2) is 8.75. The molecule has 1 atom stereocenters. The Labute approximate surface area is 158 Å². The molecule has 0 saturated carbocycles. The molecule has 1 saturated heterocycles. The van der Waals surface area contributed by atoms with Crippen LogP contribution in [0.1, 0.15) is 17.0 Å². The molecule has 1 unspecified atom stereocenters. The third kappa shape index (κ3) is 4.32. The van der Waals surface area contributed by atoms with E-state index in [4.69, 9.17) is 14.2 Å². The SMILES string of the molecule is COc1cc(OC)cc(C(C(=O)NO)c2ccc(N3CCOCC3)cc2)c1.